The van der Waals surface area contributed by atoms with Crippen molar-refractivity contribution < 1.29 is 5.11 Å². The molecule has 0 fully saturated rings. The predicted molar refractivity (Wildman–Crippen MR) is 45.3 cm³/mol. The summed E-state index contributed by atoms with van der Waals surface area (Å²) in [6.45, 7) is 0.849. The molecule has 1 atom stereocenters. The predicted octanol–water partition coefficient (Wildman–Crippen LogP) is -0.0133. The SMILES string of the molecule is Br.NC1=NCC(CO)S1. The minimum Gasteiger partial charge on any atom is -0.395 e. The van der Waals surface area contributed by atoms with Gasteiger partial charge in [0.15, 0.2) is 5.17 Å². The Labute approximate surface area is 68.5 Å². The molecule has 3 N–H and O–H groups in total. The third-order valence-electron chi connectivity index (χ3n) is 0.942. The van der Waals surface area contributed by atoms with Crippen molar-refractivity contribution >= 4 is 33.9 Å². The van der Waals surface area contributed by atoms with Gasteiger partial charge in [-0.1, -0.05) is 11.8 Å². The first-order valence-electron chi connectivity index (χ1n) is 2.40. The van der Waals surface area contributed by atoms with Crippen LogP contribution in [0.3, 0.4) is 0 Å². The molecule has 1 aliphatic heterocycles. The molecular weight excluding hydrogens is 204 g/mol. The van der Waals surface area contributed by atoms with Crippen LogP contribution >= 0.6 is 28.7 Å². The molecule has 1 aliphatic rings. The van der Waals surface area contributed by atoms with Crippen molar-refractivity contribution in [2.24, 2.45) is 10.7 Å². The summed E-state index contributed by atoms with van der Waals surface area (Å²) < 4.78 is 0. The van der Waals surface area contributed by atoms with Crippen LogP contribution in [0.2, 0.25) is 0 Å². The largest absolute Gasteiger partial charge is 0.395 e. The first-order chi connectivity index (χ1) is 3.83. The van der Waals surface area contributed by atoms with Crippen molar-refractivity contribution in [3.63, 3.8) is 0 Å². The lowest BCUT2D eigenvalue weighted by Crippen LogP contribution is -2.10. The Kier molecular flexibility index (Phi) is 4.26. The maximum absolute atomic E-state index is 8.53. The highest BCUT2D eigenvalue weighted by molar-refractivity contribution is 8.93. The number of nitrogens with two attached hydrogens (primary N) is 1. The Bertz CT molecular complexity index is 119. The van der Waals surface area contributed by atoms with E-state index >= 15 is 0 Å². The van der Waals surface area contributed by atoms with E-state index in [0.717, 1.165) is 0 Å². The maximum atomic E-state index is 8.53. The average molecular weight is 213 g/mol. The molecule has 0 aromatic rings. The normalized spacial score (nSPS) is 25.0. The quantitative estimate of drug-likeness (QED) is 0.643. The highest BCUT2D eigenvalue weighted by atomic mass is 79.9. The molecule has 0 aromatic heterocycles. The van der Waals surface area contributed by atoms with E-state index in [-0.39, 0.29) is 28.8 Å². The van der Waals surface area contributed by atoms with Crippen molar-refractivity contribution in [2.45, 2.75) is 5.25 Å². The van der Waals surface area contributed by atoms with Crippen LogP contribution in [0.4, 0.5) is 0 Å². The van der Waals surface area contributed by atoms with Gasteiger partial charge in [-0.05, 0) is 0 Å². The third-order valence-corrected chi connectivity index (χ3v) is 1.94. The van der Waals surface area contributed by atoms with Crippen molar-refractivity contribution in [3.05, 3.63) is 0 Å². The Morgan fingerprint density at radius 2 is 2.56 bits per heavy atom. The number of aliphatic imine (C=N–C) groups is 1. The summed E-state index contributed by atoms with van der Waals surface area (Å²) in [5, 5.41) is 9.35. The number of aliphatic hydroxyl groups is 1. The van der Waals surface area contributed by atoms with Gasteiger partial charge in [0.25, 0.3) is 0 Å². The number of halogens is 1. The molecule has 0 bridgehead atoms. The Balaban J connectivity index is 0.000000640. The van der Waals surface area contributed by atoms with Crippen molar-refractivity contribution in [1.29, 1.82) is 0 Å². The first kappa shape index (κ1) is 9.26. The van der Waals surface area contributed by atoms with Gasteiger partial charge in [-0.25, -0.2) is 0 Å². The second kappa shape index (κ2) is 4.14. The van der Waals surface area contributed by atoms with Gasteiger partial charge in [0.1, 0.15) is 0 Å². The molecule has 1 unspecified atom stereocenters. The third kappa shape index (κ3) is 2.55. The van der Waals surface area contributed by atoms with E-state index < -0.39 is 0 Å². The van der Waals surface area contributed by atoms with E-state index in [0.29, 0.717) is 11.7 Å². The van der Waals surface area contributed by atoms with Crippen LogP contribution in [-0.2, 0) is 0 Å². The first-order valence-corrected chi connectivity index (χ1v) is 3.28. The summed E-state index contributed by atoms with van der Waals surface area (Å²) in [5.41, 5.74) is 5.30. The standard InChI is InChI=1S/C4H8N2OS.BrH/c5-4-6-1-3(2-7)8-4;/h3,7H,1-2H2,(H2,5,6);1H. The summed E-state index contributed by atoms with van der Waals surface area (Å²) in [6, 6.07) is 0. The molecule has 9 heavy (non-hydrogen) atoms. The second-order valence-corrected chi connectivity index (χ2v) is 2.92. The molecular formula is C4H9BrN2OS. The fourth-order valence-electron chi connectivity index (χ4n) is 0.532. The van der Waals surface area contributed by atoms with Crippen LogP contribution in [0, 0.1) is 0 Å². The number of nitrogens with zero attached hydrogens (tertiary/aromatic N) is 1. The number of hydrogen-bond acceptors (Lipinski definition) is 4. The molecule has 0 amide bonds. The van der Waals surface area contributed by atoms with Gasteiger partial charge >= 0.3 is 0 Å². The fraction of sp³-hybridized carbons (Fsp3) is 0.750. The van der Waals surface area contributed by atoms with Crippen LogP contribution in [-0.4, -0.2) is 28.7 Å². The van der Waals surface area contributed by atoms with E-state index in [1.165, 1.54) is 11.8 Å². The Hall–Kier alpha value is 0.260. The minimum atomic E-state index is 0. The van der Waals surface area contributed by atoms with Gasteiger partial charge in [-0.3, -0.25) is 4.99 Å². The number of thioether (sulfide) groups is 1. The zero-order valence-corrected chi connectivity index (χ0v) is 7.31. The monoisotopic (exact) mass is 212 g/mol. The van der Waals surface area contributed by atoms with Gasteiger partial charge < -0.3 is 10.8 Å². The van der Waals surface area contributed by atoms with Crippen LogP contribution in [0.15, 0.2) is 4.99 Å². The number of amidine groups is 1. The molecule has 5 heteroatoms. The molecule has 0 saturated carbocycles. The highest BCUT2D eigenvalue weighted by Gasteiger charge is 2.15. The fourth-order valence-corrected chi connectivity index (χ4v) is 1.25. The second-order valence-electron chi connectivity index (χ2n) is 1.60. The number of aliphatic hydroxyl groups excluding tert-OH is 1. The van der Waals surface area contributed by atoms with Crippen molar-refractivity contribution in [1.82, 2.24) is 0 Å². The highest BCUT2D eigenvalue weighted by Crippen LogP contribution is 2.16. The van der Waals surface area contributed by atoms with Crippen LogP contribution in [0.5, 0.6) is 0 Å². The molecule has 0 spiro atoms. The van der Waals surface area contributed by atoms with E-state index in [4.69, 9.17) is 10.8 Å². The topological polar surface area (TPSA) is 58.6 Å². The molecule has 0 radical (unpaired) electrons. The molecule has 1 heterocycles. The van der Waals surface area contributed by atoms with Crippen molar-refractivity contribution in [3.8, 4) is 0 Å². The molecule has 0 aliphatic carbocycles. The van der Waals surface area contributed by atoms with E-state index in [9.17, 15) is 0 Å². The van der Waals surface area contributed by atoms with Gasteiger partial charge in [0.2, 0.25) is 0 Å². The number of hydrogen-bond donors (Lipinski definition) is 2. The summed E-state index contributed by atoms with van der Waals surface area (Å²) in [6.07, 6.45) is 0. The van der Waals surface area contributed by atoms with Gasteiger partial charge in [-0.15, -0.1) is 17.0 Å². The smallest absolute Gasteiger partial charge is 0.154 e. The number of rotatable bonds is 1. The summed E-state index contributed by atoms with van der Waals surface area (Å²) in [4.78, 5) is 3.89. The average Bonchev–Trinajstić information content (AvgIpc) is 2.14. The van der Waals surface area contributed by atoms with E-state index in [1.54, 1.807) is 0 Å². The molecule has 0 saturated heterocycles. The molecule has 3 nitrogen and oxygen atoms in total. The zero-order valence-electron chi connectivity index (χ0n) is 4.78. The summed E-state index contributed by atoms with van der Waals surface area (Å²) in [7, 11) is 0. The lowest BCUT2D eigenvalue weighted by Gasteiger charge is -1.98. The van der Waals surface area contributed by atoms with Crippen molar-refractivity contribution in [2.75, 3.05) is 13.2 Å². The van der Waals surface area contributed by atoms with Crippen LogP contribution < -0.4 is 5.73 Å². The maximum Gasteiger partial charge on any atom is 0.154 e. The summed E-state index contributed by atoms with van der Waals surface area (Å²) >= 11 is 1.44. The lowest BCUT2D eigenvalue weighted by atomic mass is 10.4. The van der Waals surface area contributed by atoms with Crippen LogP contribution in [0.1, 0.15) is 0 Å². The molecule has 1 rings (SSSR count). The van der Waals surface area contributed by atoms with E-state index in [1.807, 2.05) is 0 Å². The Morgan fingerprint density at radius 3 is 2.78 bits per heavy atom. The minimum absolute atomic E-state index is 0. The van der Waals surface area contributed by atoms with E-state index in [2.05, 4.69) is 4.99 Å². The lowest BCUT2D eigenvalue weighted by molar-refractivity contribution is 0.297. The zero-order chi connectivity index (χ0) is 5.98. The van der Waals surface area contributed by atoms with Gasteiger partial charge in [0.05, 0.1) is 18.4 Å². The van der Waals surface area contributed by atoms with Gasteiger partial charge in [-0.2, -0.15) is 0 Å². The Morgan fingerprint density at radius 1 is 1.89 bits per heavy atom. The molecule has 54 valence electrons. The van der Waals surface area contributed by atoms with Crippen LogP contribution in [0.25, 0.3) is 0 Å². The van der Waals surface area contributed by atoms with Gasteiger partial charge in [0, 0.05) is 0 Å². The molecule has 0 aromatic carbocycles. The summed E-state index contributed by atoms with van der Waals surface area (Å²) in [5.74, 6) is 0.